The molecule has 0 fully saturated rings. The van der Waals surface area contributed by atoms with Crippen molar-refractivity contribution in [2.75, 3.05) is 5.75 Å². The van der Waals surface area contributed by atoms with E-state index in [2.05, 4.69) is 24.0 Å². The molecule has 3 aromatic rings. The Balaban J connectivity index is 2.24. The van der Waals surface area contributed by atoms with Gasteiger partial charge < -0.3 is 4.57 Å². The molecule has 4 nitrogen and oxygen atoms in total. The molecular weight excluding hydrogens is 280 g/mol. The van der Waals surface area contributed by atoms with Gasteiger partial charge in [-0.05, 0) is 43.4 Å². The molecule has 0 unspecified atom stereocenters. The minimum Gasteiger partial charge on any atom is -0.310 e. The van der Waals surface area contributed by atoms with Crippen LogP contribution in [0.15, 0.2) is 29.3 Å². The summed E-state index contributed by atoms with van der Waals surface area (Å²) in [5.41, 5.74) is 4.88. The van der Waals surface area contributed by atoms with E-state index in [9.17, 15) is 0 Å². The van der Waals surface area contributed by atoms with Crippen LogP contribution < -0.4 is 0 Å². The van der Waals surface area contributed by atoms with Crippen molar-refractivity contribution in [2.45, 2.75) is 25.7 Å². The van der Waals surface area contributed by atoms with E-state index in [4.69, 9.17) is 9.97 Å². The third-order valence-electron chi connectivity index (χ3n) is 3.35. The normalized spacial score (nSPS) is 11.2. The Kier molecular flexibility index (Phi) is 3.68. The van der Waals surface area contributed by atoms with Crippen molar-refractivity contribution in [3.05, 3.63) is 35.7 Å². The quantitative estimate of drug-likeness (QED) is 0.691. The lowest BCUT2D eigenvalue weighted by atomic mass is 10.3. The van der Waals surface area contributed by atoms with E-state index < -0.39 is 0 Å². The highest BCUT2D eigenvalue weighted by Crippen LogP contribution is 2.30. The van der Waals surface area contributed by atoms with Gasteiger partial charge >= 0.3 is 0 Å². The number of pyridine rings is 2. The van der Waals surface area contributed by atoms with Gasteiger partial charge in [0.1, 0.15) is 11.2 Å². The highest BCUT2D eigenvalue weighted by Gasteiger charge is 2.16. The first-order valence-corrected chi connectivity index (χ1v) is 7.98. The van der Waals surface area contributed by atoms with Crippen LogP contribution in [0.25, 0.3) is 22.7 Å². The van der Waals surface area contributed by atoms with Crippen molar-refractivity contribution in [1.82, 2.24) is 19.5 Å². The Morgan fingerprint density at radius 1 is 1.19 bits per heavy atom. The lowest BCUT2D eigenvalue weighted by Crippen LogP contribution is -1.98. The fourth-order valence-electron chi connectivity index (χ4n) is 2.36. The van der Waals surface area contributed by atoms with Crippen LogP contribution in [0.5, 0.6) is 0 Å². The third kappa shape index (κ3) is 2.53. The first-order valence-electron chi connectivity index (χ1n) is 7.00. The van der Waals surface area contributed by atoms with E-state index in [-0.39, 0.29) is 0 Å². The van der Waals surface area contributed by atoms with Gasteiger partial charge in [0, 0.05) is 23.8 Å². The lowest BCUT2D eigenvalue weighted by molar-refractivity contribution is 0.924. The lowest BCUT2D eigenvalue weighted by Gasteiger charge is -2.08. The molecule has 0 aromatic carbocycles. The predicted octanol–water partition coefficient (Wildman–Crippen LogP) is 3.76. The molecule has 0 N–H and O–H groups in total. The van der Waals surface area contributed by atoms with Crippen LogP contribution >= 0.6 is 11.8 Å². The van der Waals surface area contributed by atoms with Gasteiger partial charge in [-0.15, -0.1) is 11.8 Å². The number of aromatic nitrogens is 4. The number of hydrogen-bond acceptors (Lipinski definition) is 4. The SMILES string of the molecule is CCSc1ccc(C)nc1-c1nc2cc(C)cnc2n1C. The molecule has 0 bridgehead atoms. The third-order valence-corrected chi connectivity index (χ3v) is 4.28. The second-order valence-electron chi connectivity index (χ2n) is 5.08. The number of aryl methyl sites for hydroxylation is 3. The molecule has 3 heterocycles. The number of hydrogen-bond donors (Lipinski definition) is 0. The van der Waals surface area contributed by atoms with Crippen LogP contribution in [0.3, 0.4) is 0 Å². The van der Waals surface area contributed by atoms with Crippen LogP contribution in [0.2, 0.25) is 0 Å². The Bertz CT molecular complexity index is 807. The van der Waals surface area contributed by atoms with Crippen LogP contribution in [0.4, 0.5) is 0 Å². The zero-order valence-corrected chi connectivity index (χ0v) is 13.5. The molecule has 0 spiro atoms. The summed E-state index contributed by atoms with van der Waals surface area (Å²) in [7, 11) is 2.00. The summed E-state index contributed by atoms with van der Waals surface area (Å²) in [6, 6.07) is 6.24. The minimum absolute atomic E-state index is 0.878. The van der Waals surface area contributed by atoms with Crippen molar-refractivity contribution in [3.8, 4) is 11.5 Å². The summed E-state index contributed by atoms with van der Waals surface area (Å²) < 4.78 is 2.02. The molecule has 0 saturated heterocycles. The van der Waals surface area contributed by atoms with Crippen LogP contribution in [-0.4, -0.2) is 25.3 Å². The number of thioether (sulfide) groups is 1. The predicted molar refractivity (Wildman–Crippen MR) is 87.6 cm³/mol. The average Bonchev–Trinajstić information content (AvgIpc) is 2.77. The van der Waals surface area contributed by atoms with Crippen molar-refractivity contribution in [2.24, 2.45) is 7.05 Å². The minimum atomic E-state index is 0.878. The smallest absolute Gasteiger partial charge is 0.161 e. The molecule has 108 valence electrons. The molecule has 0 saturated carbocycles. The van der Waals surface area contributed by atoms with E-state index in [1.807, 2.05) is 37.7 Å². The van der Waals surface area contributed by atoms with Crippen LogP contribution in [0.1, 0.15) is 18.2 Å². The zero-order chi connectivity index (χ0) is 15.0. The largest absolute Gasteiger partial charge is 0.310 e. The molecule has 3 rings (SSSR count). The Morgan fingerprint density at radius 3 is 2.76 bits per heavy atom. The van der Waals surface area contributed by atoms with E-state index in [0.717, 1.165) is 39.7 Å². The monoisotopic (exact) mass is 298 g/mol. The van der Waals surface area contributed by atoms with Gasteiger partial charge in [-0.25, -0.2) is 15.0 Å². The molecule has 0 amide bonds. The fourth-order valence-corrected chi connectivity index (χ4v) is 3.11. The van der Waals surface area contributed by atoms with E-state index in [1.54, 1.807) is 11.8 Å². The molecule has 0 atom stereocenters. The van der Waals surface area contributed by atoms with Crippen molar-refractivity contribution in [1.29, 1.82) is 0 Å². The maximum atomic E-state index is 4.75. The van der Waals surface area contributed by atoms with Gasteiger partial charge in [-0.1, -0.05) is 6.92 Å². The molecule has 0 aliphatic carbocycles. The summed E-state index contributed by atoms with van der Waals surface area (Å²) in [6.07, 6.45) is 1.87. The highest BCUT2D eigenvalue weighted by molar-refractivity contribution is 7.99. The number of rotatable bonds is 3. The Labute approximate surface area is 128 Å². The van der Waals surface area contributed by atoms with Gasteiger partial charge in [-0.3, -0.25) is 0 Å². The summed E-state index contributed by atoms with van der Waals surface area (Å²) >= 11 is 1.79. The van der Waals surface area contributed by atoms with E-state index in [1.165, 1.54) is 4.90 Å². The van der Waals surface area contributed by atoms with Gasteiger partial charge in [0.15, 0.2) is 11.5 Å². The molecule has 3 aromatic heterocycles. The van der Waals surface area contributed by atoms with Gasteiger partial charge in [-0.2, -0.15) is 0 Å². The van der Waals surface area contributed by atoms with Gasteiger partial charge in [0.05, 0.1) is 0 Å². The summed E-state index contributed by atoms with van der Waals surface area (Å²) in [5, 5.41) is 0. The number of fused-ring (bicyclic) bond motifs is 1. The van der Waals surface area contributed by atoms with E-state index in [0.29, 0.717) is 0 Å². The van der Waals surface area contributed by atoms with Crippen LogP contribution in [0, 0.1) is 13.8 Å². The molecule has 0 aliphatic heterocycles. The maximum absolute atomic E-state index is 4.75. The average molecular weight is 298 g/mol. The standard InChI is InChI=1S/C16H18N4S/c1-5-21-13-7-6-11(3)18-14(13)16-19-12-8-10(2)9-17-15(12)20(16)4/h6-9H,5H2,1-4H3. The van der Waals surface area contributed by atoms with Crippen LogP contribution in [-0.2, 0) is 7.05 Å². The molecule has 0 aliphatic rings. The summed E-state index contributed by atoms with van der Waals surface area (Å²) in [4.78, 5) is 15.1. The molecule has 0 radical (unpaired) electrons. The first kappa shape index (κ1) is 14.1. The number of imidazole rings is 1. The second-order valence-corrected chi connectivity index (χ2v) is 6.39. The van der Waals surface area contributed by atoms with Crippen molar-refractivity contribution >= 4 is 22.9 Å². The van der Waals surface area contributed by atoms with Gasteiger partial charge in [0.25, 0.3) is 0 Å². The Hall–Kier alpha value is -1.88. The molecular formula is C16H18N4S. The molecule has 5 heteroatoms. The highest BCUT2D eigenvalue weighted by atomic mass is 32.2. The van der Waals surface area contributed by atoms with Crippen molar-refractivity contribution in [3.63, 3.8) is 0 Å². The van der Waals surface area contributed by atoms with E-state index >= 15 is 0 Å². The fraction of sp³-hybridized carbons (Fsp3) is 0.312. The summed E-state index contributed by atoms with van der Waals surface area (Å²) in [6.45, 7) is 6.19. The van der Waals surface area contributed by atoms with Gasteiger partial charge in [0.2, 0.25) is 0 Å². The summed E-state index contributed by atoms with van der Waals surface area (Å²) in [5.74, 6) is 1.89. The number of nitrogens with zero attached hydrogens (tertiary/aromatic N) is 4. The Morgan fingerprint density at radius 2 is 2.00 bits per heavy atom. The zero-order valence-electron chi connectivity index (χ0n) is 12.7. The topological polar surface area (TPSA) is 43.6 Å². The maximum Gasteiger partial charge on any atom is 0.161 e. The molecule has 21 heavy (non-hydrogen) atoms. The second kappa shape index (κ2) is 5.48. The van der Waals surface area contributed by atoms with Crippen molar-refractivity contribution < 1.29 is 0 Å². The first-order chi connectivity index (χ1) is 10.1.